The maximum Gasteiger partial charge on any atom is 0.406 e. The molecule has 0 radical (unpaired) electrons. The van der Waals surface area contributed by atoms with Crippen molar-refractivity contribution < 1.29 is 46.6 Å². The fourth-order valence-electron chi connectivity index (χ4n) is 14.8. The van der Waals surface area contributed by atoms with Gasteiger partial charge in [0.05, 0.1) is 49.8 Å². The average molecular weight is 1140 g/mol. The molecule has 6 bridgehead atoms. The molecule has 12 rings (SSSR count). The number of morpholine rings is 1. The van der Waals surface area contributed by atoms with Gasteiger partial charge in [-0.25, -0.2) is 5.43 Å². The molecule has 10 aliphatic rings. The number of amides is 3. The van der Waals surface area contributed by atoms with Crippen LogP contribution in [-0.4, -0.2) is 235 Å². The first kappa shape index (κ1) is 57.7. The minimum absolute atomic E-state index is 0.0409. The van der Waals surface area contributed by atoms with Crippen LogP contribution in [0.25, 0.3) is 22.0 Å². The van der Waals surface area contributed by atoms with E-state index in [1.807, 2.05) is 71.0 Å². The first-order valence-electron chi connectivity index (χ1n) is 30.5. The number of aromatic nitrogens is 1. The van der Waals surface area contributed by atoms with Crippen molar-refractivity contribution in [3.63, 3.8) is 0 Å². The highest BCUT2D eigenvalue weighted by Crippen LogP contribution is 2.48. The molecular weight excluding hydrogens is 1060 g/mol. The molecule has 18 nitrogen and oxygen atoms in total. The number of cyclic esters (lactones) is 1. The molecule has 1 spiro atoms. The standard InChI is InChI=1S/C61H86F3N11O7/c1-37(2)51(72-24-25-82-60(32-72)33-73(34-60)57(78)54-52(68(54)6)39-12-13-39)55(76)66-48-31-69-18-8-10-41(30-69)40-14-17-49-44(26-40)46(28-59(4,5)36-81-58(79)47-11-9-19-75(67-47)56(48)77)53(74(49)35-61(62,63)64)45-27-43(29-65-50(45)38(3)80-7)71-22-20-70(21-23-71)42-15-16-42/h10,14,17,26,29,37-39,42-43,47-48,51-52,54,67H,8-9,11-13,15-16,18-25,27-28,30-36H2,1-7H3,(H,66,76)/t38-,43?,47-,48-,51-,52+,54+,68?/m0/s1. The number of hydrogen-bond acceptors (Lipinski definition) is 14. The second-order valence-electron chi connectivity index (χ2n) is 26.8. The molecule has 9 atom stereocenters. The van der Waals surface area contributed by atoms with Crippen LogP contribution < -0.4 is 10.7 Å². The number of halogens is 3. The summed E-state index contributed by atoms with van der Waals surface area (Å²) in [6.45, 7) is 16.0. The van der Waals surface area contributed by atoms with Crippen LogP contribution in [-0.2, 0) is 46.4 Å². The van der Waals surface area contributed by atoms with Crippen molar-refractivity contribution in [3.8, 4) is 0 Å². The molecule has 7 fully saturated rings. The number of carbonyl (C=O) groups excluding carboxylic acids is 4. The van der Waals surface area contributed by atoms with Gasteiger partial charge in [-0.2, -0.15) is 13.2 Å². The van der Waals surface area contributed by atoms with E-state index in [4.69, 9.17) is 19.2 Å². The van der Waals surface area contributed by atoms with Gasteiger partial charge in [0.1, 0.15) is 30.3 Å². The third-order valence-electron chi connectivity index (χ3n) is 19.5. The average Bonchev–Trinajstić information content (AvgIpc) is 4.10. The van der Waals surface area contributed by atoms with Crippen molar-refractivity contribution in [1.82, 2.24) is 49.7 Å². The molecule has 2 aromatic rings. The number of methoxy groups -OCH3 is 1. The summed E-state index contributed by atoms with van der Waals surface area (Å²) in [7, 11) is 3.63. The summed E-state index contributed by atoms with van der Waals surface area (Å²) in [4.78, 5) is 76.4. The van der Waals surface area contributed by atoms with Crippen molar-refractivity contribution in [2.24, 2.45) is 22.2 Å². The summed E-state index contributed by atoms with van der Waals surface area (Å²) in [5.74, 6) is -0.536. The highest BCUT2D eigenvalue weighted by atomic mass is 19.4. The lowest BCUT2D eigenvalue weighted by Crippen LogP contribution is -2.73. The fourth-order valence-corrected chi connectivity index (χ4v) is 14.8. The summed E-state index contributed by atoms with van der Waals surface area (Å²) >= 11 is 0. The van der Waals surface area contributed by atoms with Gasteiger partial charge in [0.2, 0.25) is 11.8 Å². The van der Waals surface area contributed by atoms with Crippen LogP contribution in [0.3, 0.4) is 0 Å². The van der Waals surface area contributed by atoms with Crippen molar-refractivity contribution in [2.45, 2.75) is 159 Å². The molecule has 21 heteroatoms. The Hall–Kier alpha value is -4.74. The molecule has 2 saturated carbocycles. The zero-order chi connectivity index (χ0) is 57.6. The fraction of sp³-hybridized carbons (Fsp3) is 0.721. The number of alkyl halides is 3. The second-order valence-corrected chi connectivity index (χ2v) is 26.8. The van der Waals surface area contributed by atoms with Gasteiger partial charge in [-0.1, -0.05) is 39.8 Å². The van der Waals surface area contributed by atoms with E-state index >= 15 is 22.8 Å². The van der Waals surface area contributed by atoms with E-state index in [1.54, 1.807) is 7.11 Å². The summed E-state index contributed by atoms with van der Waals surface area (Å²) in [6, 6.07) is 4.08. The number of hydrogen-bond donors (Lipinski definition) is 2. The first-order valence-corrected chi connectivity index (χ1v) is 30.5. The summed E-state index contributed by atoms with van der Waals surface area (Å²) in [5, 5.41) is 5.40. The number of likely N-dealkylation sites (tertiary alicyclic amines) is 1. The van der Waals surface area contributed by atoms with E-state index in [0.29, 0.717) is 118 Å². The van der Waals surface area contributed by atoms with Gasteiger partial charge in [0.15, 0.2) is 0 Å². The third kappa shape index (κ3) is 11.8. The number of aliphatic imine (C=N–C) groups is 1. The van der Waals surface area contributed by atoms with Crippen molar-refractivity contribution in [1.29, 1.82) is 0 Å². The topological polar surface area (TPSA) is 160 Å². The quantitative estimate of drug-likeness (QED) is 0.221. The molecule has 448 valence electrons. The molecule has 3 amide bonds. The maximum atomic E-state index is 15.2. The maximum absolute atomic E-state index is 15.2. The van der Waals surface area contributed by atoms with E-state index in [9.17, 15) is 9.59 Å². The van der Waals surface area contributed by atoms with Crippen LogP contribution in [0, 0.1) is 17.3 Å². The number of likely N-dealkylation sites (N-methyl/N-ethyl adjacent to an activating group) is 1. The van der Waals surface area contributed by atoms with Crippen molar-refractivity contribution >= 4 is 52.0 Å². The normalized spacial score (nSPS) is 31.2. The van der Waals surface area contributed by atoms with Gasteiger partial charge in [-0.3, -0.25) is 53.7 Å². The number of fused-ring (bicyclic) bond motifs is 6. The minimum Gasteiger partial charge on any atom is -0.464 e. The Balaban J connectivity index is 0.854. The molecule has 3 unspecified atom stereocenters. The lowest BCUT2D eigenvalue weighted by molar-refractivity contribution is -0.197. The number of rotatable bonds is 12. The number of piperazine rings is 1. The van der Waals surface area contributed by atoms with Gasteiger partial charge >= 0.3 is 12.1 Å². The van der Waals surface area contributed by atoms with Gasteiger partial charge in [-0.15, -0.1) is 0 Å². The molecule has 82 heavy (non-hydrogen) atoms. The number of hydrazine groups is 1. The minimum atomic E-state index is -4.57. The molecule has 2 N–H and O–H groups in total. The predicted molar refractivity (Wildman–Crippen MR) is 305 cm³/mol. The van der Waals surface area contributed by atoms with Gasteiger partial charge < -0.3 is 29.0 Å². The Morgan fingerprint density at radius 1 is 0.963 bits per heavy atom. The molecule has 1 aromatic carbocycles. The molecule has 8 aliphatic heterocycles. The number of benzene rings is 1. The Labute approximate surface area is 480 Å². The number of esters is 1. The Kier molecular flexibility index (Phi) is 15.9. The van der Waals surface area contributed by atoms with Crippen LogP contribution in [0.5, 0.6) is 0 Å². The van der Waals surface area contributed by atoms with E-state index in [1.165, 1.54) is 35.3 Å². The lowest BCUT2D eigenvalue weighted by atomic mass is 9.83. The summed E-state index contributed by atoms with van der Waals surface area (Å²) in [6.07, 6.45) is 6.19. The van der Waals surface area contributed by atoms with Crippen LogP contribution in [0.1, 0.15) is 103 Å². The largest absolute Gasteiger partial charge is 0.464 e. The number of nitrogens with one attached hydrogen (secondary N) is 2. The van der Waals surface area contributed by atoms with E-state index < -0.39 is 53.9 Å². The van der Waals surface area contributed by atoms with E-state index in [2.05, 4.69) is 41.3 Å². The summed E-state index contributed by atoms with van der Waals surface area (Å²) in [5.41, 5.74) is 6.66. The lowest BCUT2D eigenvalue weighted by Gasteiger charge is -2.55. The first-order chi connectivity index (χ1) is 39.2. The van der Waals surface area contributed by atoms with Crippen LogP contribution >= 0.6 is 0 Å². The van der Waals surface area contributed by atoms with Crippen LogP contribution in [0.15, 0.2) is 35.0 Å². The number of nitrogens with zero attached hydrogens (tertiary/aromatic N) is 9. The number of carbonyl (C=O) groups is 4. The Morgan fingerprint density at radius 2 is 1.72 bits per heavy atom. The van der Waals surface area contributed by atoms with E-state index in [0.717, 1.165) is 48.5 Å². The molecule has 1 aromatic heterocycles. The van der Waals surface area contributed by atoms with Gasteiger partial charge in [0, 0.05) is 119 Å². The van der Waals surface area contributed by atoms with Gasteiger partial charge in [-0.05, 0) is 112 Å². The molecular formula is C61H86F3N11O7. The van der Waals surface area contributed by atoms with Gasteiger partial charge in [0.25, 0.3) is 5.91 Å². The van der Waals surface area contributed by atoms with Crippen molar-refractivity contribution in [2.75, 3.05) is 106 Å². The van der Waals surface area contributed by atoms with Crippen LogP contribution in [0.4, 0.5) is 13.2 Å². The van der Waals surface area contributed by atoms with E-state index in [-0.39, 0.29) is 55.3 Å². The zero-order valence-corrected chi connectivity index (χ0v) is 49.1. The molecule has 2 aliphatic carbocycles. The Bertz CT molecular complexity index is 2880. The van der Waals surface area contributed by atoms with Crippen molar-refractivity contribution in [3.05, 3.63) is 46.8 Å². The molecule has 5 saturated heterocycles. The highest BCUT2D eigenvalue weighted by Gasteiger charge is 2.61. The summed E-state index contributed by atoms with van der Waals surface area (Å²) < 4.78 is 65.7. The third-order valence-corrected chi connectivity index (χ3v) is 19.5. The number of ether oxygens (including phenoxy) is 3. The predicted octanol–water partition coefficient (Wildman–Crippen LogP) is 4.80. The smallest absolute Gasteiger partial charge is 0.406 e. The zero-order valence-electron chi connectivity index (χ0n) is 49.1. The SMILES string of the molecule is CO[C@@H](C)C1=C(c2c3c4cc(ccc4n2CC(F)(F)F)C2=CCCN(C2)C[C@H](NC(=O)[C@H](C(C)C)N2CCOC4(CN(C(=O)[C@H]5[C@@H](C6CC6)N5C)C4)C2)C(=O)N2CCC[C@H](N2)C(=O)OCC(C)(C)C3)CC(N2CCN(C3CC3)CC2)C=N1. The monoisotopic (exact) mass is 1140 g/mol. The highest BCUT2D eigenvalue weighted by molar-refractivity contribution is 5.95. The van der Waals surface area contributed by atoms with Crippen LogP contribution in [0.2, 0.25) is 0 Å². The second kappa shape index (κ2) is 22.6. The Morgan fingerprint density at radius 3 is 2.43 bits per heavy atom. The molecule has 9 heterocycles.